The highest BCUT2D eigenvalue weighted by Gasteiger charge is 2.69. The average molecular weight is 623 g/mol. The Balaban J connectivity index is 1.93. The Morgan fingerprint density at radius 1 is 0.953 bits per heavy atom. The molecule has 3 saturated carbocycles. The third-order valence-corrected chi connectivity index (χ3v) is 10.4. The van der Waals surface area contributed by atoms with Gasteiger partial charge >= 0.3 is 12.4 Å². The van der Waals surface area contributed by atoms with E-state index in [0.29, 0.717) is 31.3 Å². The van der Waals surface area contributed by atoms with Crippen molar-refractivity contribution in [1.82, 2.24) is 0 Å². The molecule has 246 valence electrons. The van der Waals surface area contributed by atoms with Crippen LogP contribution in [0, 0.1) is 22.7 Å². The zero-order valence-electron chi connectivity index (χ0n) is 25.7. The monoisotopic (exact) mass is 622 g/mol. The van der Waals surface area contributed by atoms with E-state index >= 15 is 0 Å². The van der Waals surface area contributed by atoms with Gasteiger partial charge in [-0.25, -0.2) is 0 Å². The highest BCUT2D eigenvalue weighted by Crippen LogP contribution is 2.64. The third-order valence-electron chi connectivity index (χ3n) is 10.4. The second-order valence-electron chi connectivity index (χ2n) is 14.3. The number of aliphatic hydroxyl groups excluding tert-OH is 2. The molecule has 0 saturated heterocycles. The van der Waals surface area contributed by atoms with Gasteiger partial charge in [-0.2, -0.15) is 26.3 Å². The molecule has 3 rings (SSSR count). The van der Waals surface area contributed by atoms with E-state index in [1.807, 2.05) is 19.1 Å². The molecule has 2 unspecified atom stereocenters. The Bertz CT molecular complexity index is 1080. The molecule has 3 aliphatic carbocycles. The summed E-state index contributed by atoms with van der Waals surface area (Å²) >= 11 is 0. The van der Waals surface area contributed by atoms with Gasteiger partial charge in [0.1, 0.15) is 0 Å². The number of allylic oxidation sites excluding steroid dienone is 4. The molecule has 0 aromatic rings. The van der Waals surface area contributed by atoms with E-state index in [1.165, 1.54) is 5.57 Å². The first-order valence-electron chi connectivity index (χ1n) is 15.2. The summed E-state index contributed by atoms with van der Waals surface area (Å²) in [5.41, 5.74) is -4.25. The van der Waals surface area contributed by atoms with Crippen molar-refractivity contribution in [1.29, 1.82) is 0 Å². The number of rotatable bonds is 9. The molecule has 0 bridgehead atoms. The number of halogens is 6. The second kappa shape index (κ2) is 12.6. The third kappa shape index (κ3) is 7.79. The predicted molar refractivity (Wildman–Crippen MR) is 154 cm³/mol. The molecule has 0 radical (unpaired) electrons. The number of fused-ring (bicyclic) bond motifs is 1. The lowest BCUT2D eigenvalue weighted by molar-refractivity contribution is -0.347. The zero-order valence-corrected chi connectivity index (χ0v) is 25.7. The van der Waals surface area contributed by atoms with Gasteiger partial charge < -0.3 is 20.4 Å². The summed E-state index contributed by atoms with van der Waals surface area (Å²) in [7, 11) is 0. The lowest BCUT2D eigenvalue weighted by Crippen LogP contribution is -2.55. The predicted octanol–water partition coefficient (Wildman–Crippen LogP) is 7.88. The van der Waals surface area contributed by atoms with Crippen molar-refractivity contribution in [2.45, 2.75) is 134 Å². The van der Waals surface area contributed by atoms with E-state index in [0.717, 1.165) is 43.8 Å². The minimum atomic E-state index is -5.92. The van der Waals surface area contributed by atoms with Crippen molar-refractivity contribution in [3.63, 3.8) is 0 Å². The zero-order chi connectivity index (χ0) is 32.6. The van der Waals surface area contributed by atoms with E-state index in [2.05, 4.69) is 13.5 Å². The molecule has 43 heavy (non-hydrogen) atoms. The summed E-state index contributed by atoms with van der Waals surface area (Å²) in [6, 6.07) is 0. The smallest absolute Gasteiger partial charge is 0.393 e. The molecule has 4 nitrogen and oxygen atoms in total. The van der Waals surface area contributed by atoms with Gasteiger partial charge in [-0.3, -0.25) is 0 Å². The van der Waals surface area contributed by atoms with Crippen molar-refractivity contribution in [2.75, 3.05) is 0 Å². The quantitative estimate of drug-likeness (QED) is 0.156. The van der Waals surface area contributed by atoms with Crippen molar-refractivity contribution in [3.05, 3.63) is 47.6 Å². The Kier molecular flexibility index (Phi) is 10.5. The largest absolute Gasteiger partial charge is 0.429 e. The summed E-state index contributed by atoms with van der Waals surface area (Å²) in [5.74, 6) is 0.139. The molecule has 0 amide bonds. The topological polar surface area (TPSA) is 80.9 Å². The fourth-order valence-corrected chi connectivity index (χ4v) is 8.04. The Morgan fingerprint density at radius 2 is 1.58 bits per heavy atom. The van der Waals surface area contributed by atoms with Gasteiger partial charge in [-0.1, -0.05) is 50.6 Å². The highest BCUT2D eigenvalue weighted by atomic mass is 19.4. The fourth-order valence-electron chi connectivity index (χ4n) is 8.04. The van der Waals surface area contributed by atoms with E-state index in [1.54, 1.807) is 13.8 Å². The maximum Gasteiger partial charge on any atom is 0.429 e. The standard InChI is InChI=1S/C33H48F6O4/c1-21-23(19-24(40)20-26(21)41)11-10-22-9-6-17-30(5)25(22)12-13-27(30)29(4,15-7-14-28(2,3)42)16-8-18-31(43,32(34,35)36)33(37,38)39/h8,10-11,18,24-27,40-43H,1,6-7,9,12-17,19-20H2,2-5H3/t24-,25?,26+,27?,29-,30+/m1/s1. The molecule has 0 aliphatic heterocycles. The van der Waals surface area contributed by atoms with Gasteiger partial charge in [0.05, 0.1) is 17.8 Å². The summed E-state index contributed by atoms with van der Waals surface area (Å²) in [4.78, 5) is 0. The highest BCUT2D eigenvalue weighted by molar-refractivity contribution is 5.38. The lowest BCUT2D eigenvalue weighted by atomic mass is 9.55. The molecule has 0 heterocycles. The second-order valence-corrected chi connectivity index (χ2v) is 14.3. The minimum Gasteiger partial charge on any atom is -0.393 e. The molecule has 0 aromatic carbocycles. The molecule has 0 aromatic heterocycles. The van der Waals surface area contributed by atoms with Crippen molar-refractivity contribution < 1.29 is 46.8 Å². The van der Waals surface area contributed by atoms with Gasteiger partial charge in [0, 0.05) is 6.42 Å². The normalized spacial score (nSPS) is 32.9. The van der Waals surface area contributed by atoms with E-state index < -0.39 is 41.2 Å². The van der Waals surface area contributed by atoms with E-state index in [9.17, 15) is 46.8 Å². The first kappa shape index (κ1) is 35.9. The van der Waals surface area contributed by atoms with Crippen molar-refractivity contribution in [2.24, 2.45) is 22.7 Å². The molecular weight excluding hydrogens is 574 g/mol. The van der Waals surface area contributed by atoms with E-state index in [4.69, 9.17) is 0 Å². The number of hydrogen-bond acceptors (Lipinski definition) is 4. The molecule has 10 heteroatoms. The average Bonchev–Trinajstić information content (AvgIpc) is 3.21. The van der Waals surface area contributed by atoms with Crippen LogP contribution in [0.2, 0.25) is 0 Å². The first-order valence-corrected chi connectivity index (χ1v) is 15.2. The molecule has 4 N–H and O–H groups in total. The van der Waals surface area contributed by atoms with Gasteiger partial charge in [-0.05, 0) is 112 Å². The summed E-state index contributed by atoms with van der Waals surface area (Å²) in [6.45, 7) is 11.4. The van der Waals surface area contributed by atoms with Gasteiger partial charge in [-0.15, -0.1) is 0 Å². The van der Waals surface area contributed by atoms with Crippen LogP contribution < -0.4 is 0 Å². The van der Waals surface area contributed by atoms with Crippen LogP contribution in [0.4, 0.5) is 26.3 Å². The summed E-state index contributed by atoms with van der Waals surface area (Å²) in [5, 5.41) is 40.3. The molecule has 0 spiro atoms. The first-order chi connectivity index (χ1) is 19.5. The van der Waals surface area contributed by atoms with Gasteiger partial charge in [0.25, 0.3) is 5.60 Å². The van der Waals surface area contributed by atoms with Crippen LogP contribution in [0.25, 0.3) is 0 Å². The van der Waals surface area contributed by atoms with Crippen LogP contribution in [0.1, 0.15) is 98.3 Å². The van der Waals surface area contributed by atoms with Crippen LogP contribution in [0.5, 0.6) is 0 Å². The number of alkyl halides is 6. The van der Waals surface area contributed by atoms with Crippen molar-refractivity contribution in [3.8, 4) is 0 Å². The summed E-state index contributed by atoms with van der Waals surface area (Å²) in [6.07, 6.45) is -2.44. The van der Waals surface area contributed by atoms with Crippen LogP contribution in [0.15, 0.2) is 47.6 Å². The Hall–Kier alpha value is -1.62. The van der Waals surface area contributed by atoms with Crippen LogP contribution in [0.3, 0.4) is 0 Å². The van der Waals surface area contributed by atoms with Gasteiger partial charge in [0.15, 0.2) is 0 Å². The molecular formula is C33H48F6O4. The van der Waals surface area contributed by atoms with Crippen LogP contribution >= 0.6 is 0 Å². The van der Waals surface area contributed by atoms with Gasteiger partial charge in [0.2, 0.25) is 0 Å². The molecule has 3 fully saturated rings. The molecule has 3 aliphatic rings. The van der Waals surface area contributed by atoms with Crippen LogP contribution in [-0.4, -0.2) is 56.2 Å². The van der Waals surface area contributed by atoms with E-state index in [-0.39, 0.29) is 36.2 Å². The fraction of sp³-hybridized carbons (Fsp3) is 0.758. The SMILES string of the molecule is C=C1C(=CC=C2CCC[C@@]3(C)C2CCC3[C@@](C)(CC=CC(O)(C(F)(F)F)C(F)(F)F)CCCC(C)(C)O)C[C@@H](O)C[C@@H]1O. The Morgan fingerprint density at radius 3 is 2.16 bits per heavy atom. The Labute approximate surface area is 251 Å². The number of aliphatic hydroxyl groups is 4. The van der Waals surface area contributed by atoms with Crippen molar-refractivity contribution >= 4 is 0 Å². The summed E-state index contributed by atoms with van der Waals surface area (Å²) < 4.78 is 80.2. The minimum absolute atomic E-state index is 0.0223. The number of hydrogen-bond donors (Lipinski definition) is 4. The maximum absolute atomic E-state index is 13.4. The molecule has 6 atom stereocenters. The maximum atomic E-state index is 13.4. The van der Waals surface area contributed by atoms with Crippen LogP contribution in [-0.2, 0) is 0 Å². The lowest BCUT2D eigenvalue weighted by Gasteiger charge is -2.49.